The standard InChI is InChI=1S/C14H34N3O2/c1-15(2,3)10-13(11-16(4,5)6)19-14(18)12-17(7,8)9/h13H,10-12H2,1-9H3/q+3. The summed E-state index contributed by atoms with van der Waals surface area (Å²) in [6, 6.07) is 0. The zero-order chi connectivity index (χ0) is 15.5. The summed E-state index contributed by atoms with van der Waals surface area (Å²) in [5, 5.41) is 0. The van der Waals surface area contributed by atoms with Crippen LogP contribution in [0.3, 0.4) is 0 Å². The van der Waals surface area contributed by atoms with Crippen molar-refractivity contribution in [1.29, 1.82) is 0 Å². The van der Waals surface area contributed by atoms with Crippen LogP contribution in [0, 0.1) is 0 Å². The van der Waals surface area contributed by atoms with Gasteiger partial charge in [0.1, 0.15) is 13.1 Å². The second kappa shape index (κ2) is 6.20. The maximum absolute atomic E-state index is 12.0. The zero-order valence-corrected chi connectivity index (χ0v) is 14.4. The smallest absolute Gasteiger partial charge is 0.362 e. The summed E-state index contributed by atoms with van der Waals surface area (Å²) in [7, 11) is 18.7. The fourth-order valence-electron chi connectivity index (χ4n) is 1.96. The van der Waals surface area contributed by atoms with Gasteiger partial charge < -0.3 is 18.2 Å². The van der Waals surface area contributed by atoms with Gasteiger partial charge in [-0.25, -0.2) is 4.79 Å². The van der Waals surface area contributed by atoms with Crippen LogP contribution >= 0.6 is 0 Å². The highest BCUT2D eigenvalue weighted by Gasteiger charge is 2.29. The lowest BCUT2D eigenvalue weighted by Gasteiger charge is -2.33. The number of quaternary nitrogens is 3. The molecule has 0 aliphatic heterocycles. The van der Waals surface area contributed by atoms with Gasteiger partial charge in [-0.2, -0.15) is 0 Å². The van der Waals surface area contributed by atoms with Gasteiger partial charge in [-0.15, -0.1) is 0 Å². The van der Waals surface area contributed by atoms with Gasteiger partial charge in [0.25, 0.3) is 0 Å². The average molecular weight is 276 g/mol. The van der Waals surface area contributed by atoms with Crippen molar-refractivity contribution in [2.45, 2.75) is 6.10 Å². The van der Waals surface area contributed by atoms with Gasteiger partial charge in [-0.05, 0) is 0 Å². The lowest BCUT2D eigenvalue weighted by Crippen LogP contribution is -2.52. The van der Waals surface area contributed by atoms with Crippen molar-refractivity contribution in [3.63, 3.8) is 0 Å². The van der Waals surface area contributed by atoms with Crippen molar-refractivity contribution in [3.05, 3.63) is 0 Å². The lowest BCUT2D eigenvalue weighted by atomic mass is 10.2. The van der Waals surface area contributed by atoms with Crippen LogP contribution in [-0.4, -0.2) is 109 Å². The molecule has 0 spiro atoms. The number of rotatable bonds is 7. The summed E-state index contributed by atoms with van der Waals surface area (Å²) < 4.78 is 7.88. The number of hydrogen-bond donors (Lipinski definition) is 0. The molecule has 19 heavy (non-hydrogen) atoms. The summed E-state index contributed by atoms with van der Waals surface area (Å²) in [6.45, 7) is 2.07. The summed E-state index contributed by atoms with van der Waals surface area (Å²) in [5.74, 6) is -0.112. The average Bonchev–Trinajstić information content (AvgIpc) is 1.90. The first kappa shape index (κ1) is 18.4. The van der Waals surface area contributed by atoms with E-state index in [2.05, 4.69) is 42.3 Å². The molecule has 0 saturated carbocycles. The van der Waals surface area contributed by atoms with E-state index in [1.54, 1.807) is 0 Å². The van der Waals surface area contributed by atoms with Crippen LogP contribution in [-0.2, 0) is 9.53 Å². The first-order valence-corrected chi connectivity index (χ1v) is 6.79. The third-order valence-electron chi connectivity index (χ3n) is 2.40. The minimum absolute atomic E-state index is 0.0425. The quantitative estimate of drug-likeness (QED) is 0.484. The molecular weight excluding hydrogens is 242 g/mol. The van der Waals surface area contributed by atoms with Gasteiger partial charge >= 0.3 is 5.97 Å². The third-order valence-corrected chi connectivity index (χ3v) is 2.40. The molecule has 0 aliphatic rings. The van der Waals surface area contributed by atoms with Crippen LogP contribution in [0.1, 0.15) is 0 Å². The van der Waals surface area contributed by atoms with Gasteiger partial charge in [0.05, 0.1) is 63.4 Å². The van der Waals surface area contributed by atoms with E-state index >= 15 is 0 Å². The molecule has 0 radical (unpaired) electrons. The Kier molecular flexibility index (Phi) is 5.99. The highest BCUT2D eigenvalue weighted by molar-refractivity contribution is 5.70. The van der Waals surface area contributed by atoms with Crippen molar-refractivity contribution in [2.75, 3.05) is 83.1 Å². The van der Waals surface area contributed by atoms with Crippen LogP contribution < -0.4 is 0 Å². The molecule has 0 saturated heterocycles. The molecular formula is C14H34N3O2+3. The second-order valence-corrected chi connectivity index (χ2v) is 8.51. The van der Waals surface area contributed by atoms with Crippen LogP contribution in [0.5, 0.6) is 0 Å². The van der Waals surface area contributed by atoms with Gasteiger partial charge in [0, 0.05) is 0 Å². The van der Waals surface area contributed by atoms with E-state index in [9.17, 15) is 4.79 Å². The predicted octanol–water partition coefficient (Wildman–Crippen LogP) is 0.0168. The molecule has 0 aromatic heterocycles. The Morgan fingerprint density at radius 2 is 1.16 bits per heavy atom. The minimum Gasteiger partial charge on any atom is -0.446 e. The molecule has 5 nitrogen and oxygen atoms in total. The Labute approximate surface area is 119 Å². The van der Waals surface area contributed by atoms with Gasteiger partial charge in [-0.1, -0.05) is 0 Å². The van der Waals surface area contributed by atoms with Crippen molar-refractivity contribution in [2.24, 2.45) is 0 Å². The van der Waals surface area contributed by atoms with Gasteiger partial charge in [0.2, 0.25) is 0 Å². The normalized spacial score (nSPS) is 13.8. The number of hydrogen-bond acceptors (Lipinski definition) is 2. The molecule has 0 fully saturated rings. The maximum Gasteiger partial charge on any atom is 0.362 e. The first-order valence-electron chi connectivity index (χ1n) is 6.79. The molecule has 0 amide bonds. The Bertz CT molecular complexity index is 279. The largest absolute Gasteiger partial charge is 0.446 e. The molecule has 0 bridgehead atoms. The Hall–Kier alpha value is -0.650. The Morgan fingerprint density at radius 3 is 1.42 bits per heavy atom. The monoisotopic (exact) mass is 276 g/mol. The molecule has 0 atom stereocenters. The third kappa shape index (κ3) is 12.1. The van der Waals surface area contributed by atoms with E-state index in [0.717, 1.165) is 22.1 Å². The number of carbonyl (C=O) groups is 1. The first-order chi connectivity index (χ1) is 8.18. The lowest BCUT2D eigenvalue weighted by molar-refractivity contribution is -0.895. The van der Waals surface area contributed by atoms with E-state index in [0.29, 0.717) is 11.0 Å². The van der Waals surface area contributed by atoms with Crippen LogP contribution in [0.4, 0.5) is 0 Å². The fourth-order valence-corrected chi connectivity index (χ4v) is 1.96. The predicted molar refractivity (Wildman–Crippen MR) is 78.6 cm³/mol. The Morgan fingerprint density at radius 1 is 0.789 bits per heavy atom. The van der Waals surface area contributed by atoms with Crippen molar-refractivity contribution < 1.29 is 23.0 Å². The topological polar surface area (TPSA) is 26.3 Å². The van der Waals surface area contributed by atoms with Crippen molar-refractivity contribution in [1.82, 2.24) is 0 Å². The molecule has 0 aliphatic carbocycles. The number of carbonyl (C=O) groups excluding carboxylic acids is 1. The van der Waals surface area contributed by atoms with Gasteiger partial charge in [-0.3, -0.25) is 0 Å². The SMILES string of the molecule is C[N+](C)(C)CC(=O)OC(C[N+](C)(C)C)C[N+](C)(C)C. The van der Waals surface area contributed by atoms with Crippen LogP contribution in [0.2, 0.25) is 0 Å². The molecule has 5 heteroatoms. The second-order valence-electron chi connectivity index (χ2n) is 8.51. The van der Waals surface area contributed by atoms with E-state index in [-0.39, 0.29) is 12.1 Å². The number of nitrogens with zero attached hydrogens (tertiary/aromatic N) is 3. The van der Waals surface area contributed by atoms with Crippen molar-refractivity contribution >= 4 is 5.97 Å². The van der Waals surface area contributed by atoms with E-state index in [4.69, 9.17) is 4.74 Å². The zero-order valence-electron chi connectivity index (χ0n) is 14.4. The van der Waals surface area contributed by atoms with Crippen molar-refractivity contribution in [3.8, 4) is 0 Å². The van der Waals surface area contributed by atoms with Crippen LogP contribution in [0.15, 0.2) is 0 Å². The maximum atomic E-state index is 12.0. The molecule has 0 aromatic rings. The molecule has 0 unspecified atom stereocenters. The number of ether oxygens (including phenoxy) is 1. The minimum atomic E-state index is -0.112. The summed E-state index contributed by atoms with van der Waals surface area (Å²) >= 11 is 0. The van der Waals surface area contributed by atoms with Gasteiger partial charge in [0.15, 0.2) is 12.6 Å². The summed E-state index contributed by atoms with van der Waals surface area (Å²) in [4.78, 5) is 12.0. The Balaban J connectivity index is 4.63. The fraction of sp³-hybridized carbons (Fsp3) is 0.929. The molecule has 114 valence electrons. The summed E-state index contributed by atoms with van der Waals surface area (Å²) in [6.07, 6.45) is -0.0425. The van der Waals surface area contributed by atoms with E-state index < -0.39 is 0 Å². The highest BCUT2D eigenvalue weighted by Crippen LogP contribution is 2.06. The van der Waals surface area contributed by atoms with E-state index in [1.165, 1.54) is 0 Å². The summed E-state index contributed by atoms with van der Waals surface area (Å²) in [5.41, 5.74) is 0. The molecule has 0 aromatic carbocycles. The molecule has 0 rings (SSSR count). The number of esters is 1. The number of likely N-dealkylation sites (N-methyl/N-ethyl adjacent to an activating group) is 3. The molecule has 0 N–H and O–H groups in total. The van der Waals surface area contributed by atoms with Crippen LogP contribution in [0.25, 0.3) is 0 Å². The molecule has 0 heterocycles. The van der Waals surface area contributed by atoms with E-state index in [1.807, 2.05) is 21.1 Å². The highest BCUT2D eigenvalue weighted by atomic mass is 16.5.